The number of likely N-dealkylation sites (N-methyl/N-ethyl adjacent to an activating group) is 1. The highest BCUT2D eigenvalue weighted by molar-refractivity contribution is 7.98. The van der Waals surface area contributed by atoms with Crippen LogP contribution in [0.2, 0.25) is 0 Å². The van der Waals surface area contributed by atoms with Crippen molar-refractivity contribution in [3.05, 3.63) is 29.3 Å². The summed E-state index contributed by atoms with van der Waals surface area (Å²) in [6.07, 6.45) is 4.70. The summed E-state index contributed by atoms with van der Waals surface area (Å²) < 4.78 is 0. The molecule has 1 heterocycles. The summed E-state index contributed by atoms with van der Waals surface area (Å²) in [5.41, 5.74) is 2.59. The van der Waals surface area contributed by atoms with E-state index in [1.54, 1.807) is 11.8 Å². The van der Waals surface area contributed by atoms with Crippen LogP contribution in [0.1, 0.15) is 30.9 Å². The standard InChI is InChI=1S/C18H30N4S/c1-5-19-18(21-13-16-7-6-10-22(16)3)20-12-15-9-8-14(2)11-17(15)23-4/h8-9,11,16H,5-7,10,12-13H2,1-4H3,(H2,19,20,21). The number of nitrogens with one attached hydrogen (secondary N) is 2. The van der Waals surface area contributed by atoms with Crippen LogP contribution in [0.3, 0.4) is 0 Å². The number of aryl methyl sites for hydroxylation is 1. The molecule has 2 rings (SSSR count). The van der Waals surface area contributed by atoms with Crippen molar-refractivity contribution in [3.63, 3.8) is 0 Å². The minimum Gasteiger partial charge on any atom is -0.357 e. The molecule has 5 heteroatoms. The van der Waals surface area contributed by atoms with Crippen molar-refractivity contribution in [1.82, 2.24) is 15.5 Å². The van der Waals surface area contributed by atoms with E-state index in [1.165, 1.54) is 35.4 Å². The Morgan fingerprint density at radius 2 is 2.22 bits per heavy atom. The van der Waals surface area contributed by atoms with Crippen molar-refractivity contribution >= 4 is 17.7 Å². The first-order valence-corrected chi connectivity index (χ1v) is 9.72. The van der Waals surface area contributed by atoms with Crippen molar-refractivity contribution in [2.45, 2.75) is 44.2 Å². The van der Waals surface area contributed by atoms with E-state index in [4.69, 9.17) is 4.99 Å². The van der Waals surface area contributed by atoms with Gasteiger partial charge in [-0.2, -0.15) is 0 Å². The van der Waals surface area contributed by atoms with Gasteiger partial charge in [0.1, 0.15) is 0 Å². The highest BCUT2D eigenvalue weighted by atomic mass is 32.2. The first-order chi connectivity index (χ1) is 11.1. The first-order valence-electron chi connectivity index (χ1n) is 8.50. The number of thioether (sulfide) groups is 1. The summed E-state index contributed by atoms with van der Waals surface area (Å²) in [5, 5.41) is 6.86. The van der Waals surface area contributed by atoms with Gasteiger partial charge in [0.15, 0.2) is 5.96 Å². The maximum Gasteiger partial charge on any atom is 0.191 e. The van der Waals surface area contributed by atoms with Crippen LogP contribution in [0.4, 0.5) is 0 Å². The smallest absolute Gasteiger partial charge is 0.191 e. The molecule has 1 aliphatic rings. The molecule has 1 aromatic rings. The van der Waals surface area contributed by atoms with E-state index in [9.17, 15) is 0 Å². The van der Waals surface area contributed by atoms with Gasteiger partial charge in [0.05, 0.1) is 6.54 Å². The number of guanidine groups is 1. The van der Waals surface area contributed by atoms with Gasteiger partial charge in [0.2, 0.25) is 0 Å². The lowest BCUT2D eigenvalue weighted by molar-refractivity contribution is 0.309. The number of benzene rings is 1. The molecule has 0 saturated carbocycles. The van der Waals surface area contributed by atoms with Crippen molar-refractivity contribution in [1.29, 1.82) is 0 Å². The Kier molecular flexibility index (Phi) is 7.24. The van der Waals surface area contributed by atoms with Crippen LogP contribution < -0.4 is 10.6 Å². The zero-order chi connectivity index (χ0) is 16.7. The molecule has 0 aliphatic carbocycles. The van der Waals surface area contributed by atoms with Gasteiger partial charge in [0, 0.05) is 24.0 Å². The molecule has 4 nitrogen and oxygen atoms in total. The Labute approximate surface area is 145 Å². The van der Waals surface area contributed by atoms with E-state index in [2.05, 4.69) is 60.9 Å². The summed E-state index contributed by atoms with van der Waals surface area (Å²) in [5.74, 6) is 0.917. The Morgan fingerprint density at radius 3 is 2.87 bits per heavy atom. The van der Waals surface area contributed by atoms with Crippen molar-refractivity contribution in [3.8, 4) is 0 Å². The SMILES string of the molecule is CCNC(=NCc1ccc(C)cc1SC)NCC1CCCN1C. The second-order valence-electron chi connectivity index (χ2n) is 6.17. The molecule has 1 aromatic carbocycles. The summed E-state index contributed by atoms with van der Waals surface area (Å²) in [4.78, 5) is 8.52. The summed E-state index contributed by atoms with van der Waals surface area (Å²) in [7, 11) is 2.21. The molecule has 1 saturated heterocycles. The van der Waals surface area contributed by atoms with Gasteiger partial charge < -0.3 is 15.5 Å². The van der Waals surface area contributed by atoms with Crippen LogP contribution in [-0.4, -0.2) is 49.8 Å². The fourth-order valence-electron chi connectivity index (χ4n) is 2.94. The molecule has 0 radical (unpaired) electrons. The van der Waals surface area contributed by atoms with Crippen molar-refractivity contribution in [2.75, 3.05) is 32.9 Å². The largest absolute Gasteiger partial charge is 0.357 e. The fraction of sp³-hybridized carbons (Fsp3) is 0.611. The number of aliphatic imine (C=N–C) groups is 1. The van der Waals surface area contributed by atoms with Gasteiger partial charge in [-0.15, -0.1) is 11.8 Å². The van der Waals surface area contributed by atoms with Crippen LogP contribution in [0.25, 0.3) is 0 Å². The van der Waals surface area contributed by atoms with Crippen LogP contribution in [0.5, 0.6) is 0 Å². The van der Waals surface area contributed by atoms with E-state index < -0.39 is 0 Å². The molecule has 128 valence electrons. The monoisotopic (exact) mass is 334 g/mol. The average Bonchev–Trinajstić information content (AvgIpc) is 2.96. The molecule has 0 amide bonds. The summed E-state index contributed by atoms with van der Waals surface area (Å²) in [6.45, 7) is 8.02. The second kappa shape index (κ2) is 9.18. The highest BCUT2D eigenvalue weighted by Gasteiger charge is 2.20. The Hall–Kier alpha value is -1.20. The van der Waals surface area contributed by atoms with Gasteiger partial charge in [-0.05, 0) is 63.7 Å². The molecule has 0 spiro atoms. The van der Waals surface area contributed by atoms with Gasteiger partial charge in [0.25, 0.3) is 0 Å². The Morgan fingerprint density at radius 1 is 1.39 bits per heavy atom. The molecule has 0 bridgehead atoms. The highest BCUT2D eigenvalue weighted by Crippen LogP contribution is 2.22. The molecule has 23 heavy (non-hydrogen) atoms. The van der Waals surface area contributed by atoms with Gasteiger partial charge >= 0.3 is 0 Å². The van der Waals surface area contributed by atoms with E-state index in [1.807, 2.05) is 0 Å². The fourth-order valence-corrected chi connectivity index (χ4v) is 3.64. The predicted octanol–water partition coefficient (Wildman–Crippen LogP) is 2.87. The third-order valence-electron chi connectivity index (χ3n) is 4.37. The lowest BCUT2D eigenvalue weighted by atomic mass is 10.1. The molecule has 1 atom stereocenters. The maximum absolute atomic E-state index is 4.77. The van der Waals surface area contributed by atoms with Crippen LogP contribution in [0.15, 0.2) is 28.1 Å². The molecule has 1 fully saturated rings. The number of likely N-dealkylation sites (tertiary alicyclic amines) is 1. The van der Waals surface area contributed by atoms with Gasteiger partial charge in [-0.25, -0.2) is 4.99 Å². The summed E-state index contributed by atoms with van der Waals surface area (Å²) >= 11 is 1.79. The normalized spacial score (nSPS) is 19.1. The third kappa shape index (κ3) is 5.43. The van der Waals surface area contributed by atoms with Crippen LogP contribution in [0, 0.1) is 6.92 Å². The first kappa shape index (κ1) is 18.1. The lowest BCUT2D eigenvalue weighted by Crippen LogP contribution is -2.44. The van der Waals surface area contributed by atoms with E-state index in [0.717, 1.165) is 19.0 Å². The molecular weight excluding hydrogens is 304 g/mol. The van der Waals surface area contributed by atoms with Crippen molar-refractivity contribution < 1.29 is 0 Å². The molecule has 0 aromatic heterocycles. The number of rotatable bonds is 6. The van der Waals surface area contributed by atoms with E-state index in [-0.39, 0.29) is 0 Å². The average molecular weight is 335 g/mol. The molecular formula is C18H30N4S. The number of hydrogen-bond acceptors (Lipinski definition) is 3. The summed E-state index contributed by atoms with van der Waals surface area (Å²) in [6, 6.07) is 7.22. The van der Waals surface area contributed by atoms with Crippen molar-refractivity contribution in [2.24, 2.45) is 4.99 Å². The minimum atomic E-state index is 0.625. The maximum atomic E-state index is 4.77. The molecule has 2 N–H and O–H groups in total. The Balaban J connectivity index is 1.98. The molecule has 1 unspecified atom stereocenters. The van der Waals surface area contributed by atoms with E-state index >= 15 is 0 Å². The predicted molar refractivity (Wildman–Crippen MR) is 101 cm³/mol. The molecule has 1 aliphatic heterocycles. The zero-order valence-corrected chi connectivity index (χ0v) is 15.7. The number of hydrogen-bond donors (Lipinski definition) is 2. The lowest BCUT2D eigenvalue weighted by Gasteiger charge is -2.21. The Bertz CT molecular complexity index is 530. The van der Waals surface area contributed by atoms with Gasteiger partial charge in [-0.3, -0.25) is 0 Å². The topological polar surface area (TPSA) is 39.7 Å². The number of nitrogens with zero attached hydrogens (tertiary/aromatic N) is 2. The zero-order valence-electron chi connectivity index (χ0n) is 14.9. The van der Waals surface area contributed by atoms with Gasteiger partial charge in [-0.1, -0.05) is 12.1 Å². The second-order valence-corrected chi connectivity index (χ2v) is 7.02. The van der Waals surface area contributed by atoms with Crippen LogP contribution >= 0.6 is 11.8 Å². The van der Waals surface area contributed by atoms with Crippen LogP contribution in [-0.2, 0) is 6.54 Å². The quantitative estimate of drug-likeness (QED) is 0.477. The minimum absolute atomic E-state index is 0.625. The third-order valence-corrected chi connectivity index (χ3v) is 5.19. The van der Waals surface area contributed by atoms with E-state index in [0.29, 0.717) is 12.6 Å².